The Labute approximate surface area is 132 Å². The number of halogens is 2. The Kier molecular flexibility index (Phi) is 5.06. The molecule has 0 spiro atoms. The van der Waals surface area contributed by atoms with Crippen molar-refractivity contribution in [2.75, 3.05) is 0 Å². The van der Waals surface area contributed by atoms with Gasteiger partial charge in [-0.3, -0.25) is 14.9 Å². The van der Waals surface area contributed by atoms with Crippen molar-refractivity contribution in [2.45, 2.75) is 38.6 Å². The van der Waals surface area contributed by atoms with Crippen LogP contribution in [0.5, 0.6) is 0 Å². The van der Waals surface area contributed by atoms with Gasteiger partial charge in [0.25, 0.3) is 11.6 Å². The van der Waals surface area contributed by atoms with Gasteiger partial charge in [0.05, 0.1) is 9.95 Å². The van der Waals surface area contributed by atoms with Gasteiger partial charge in [0.15, 0.2) is 0 Å². The number of nitro groups is 1. The number of nitro benzene ring substituents is 1. The van der Waals surface area contributed by atoms with E-state index in [-0.39, 0.29) is 33.2 Å². The van der Waals surface area contributed by atoms with Crippen molar-refractivity contribution in [2.24, 2.45) is 5.92 Å². The van der Waals surface area contributed by atoms with E-state index in [0.717, 1.165) is 18.9 Å². The highest BCUT2D eigenvalue weighted by atomic mass is 35.5. The van der Waals surface area contributed by atoms with Gasteiger partial charge < -0.3 is 5.32 Å². The third kappa shape index (κ3) is 4.08. The van der Waals surface area contributed by atoms with E-state index in [1.165, 1.54) is 18.9 Å². The van der Waals surface area contributed by atoms with Crippen molar-refractivity contribution in [3.63, 3.8) is 0 Å². The van der Waals surface area contributed by atoms with Gasteiger partial charge in [0, 0.05) is 17.7 Å². The molecule has 0 heterocycles. The monoisotopic (exact) mass is 330 g/mol. The molecule has 1 aromatic rings. The Morgan fingerprint density at radius 3 is 2.67 bits per heavy atom. The van der Waals surface area contributed by atoms with Crippen LogP contribution in [0, 0.1) is 16.0 Å². The lowest BCUT2D eigenvalue weighted by molar-refractivity contribution is -0.384. The summed E-state index contributed by atoms with van der Waals surface area (Å²) in [6.07, 6.45) is 4.20. The van der Waals surface area contributed by atoms with Gasteiger partial charge in [-0.1, -0.05) is 43.0 Å². The number of nitrogens with zero attached hydrogens (tertiary/aromatic N) is 1. The van der Waals surface area contributed by atoms with Crippen LogP contribution in [-0.2, 0) is 0 Å². The molecule has 1 aromatic carbocycles. The van der Waals surface area contributed by atoms with Crippen molar-refractivity contribution < 1.29 is 9.72 Å². The van der Waals surface area contributed by atoms with Gasteiger partial charge in [-0.25, -0.2) is 0 Å². The van der Waals surface area contributed by atoms with Gasteiger partial charge in [-0.05, 0) is 24.8 Å². The third-order valence-electron chi connectivity index (χ3n) is 3.61. The molecule has 1 unspecified atom stereocenters. The van der Waals surface area contributed by atoms with E-state index in [0.29, 0.717) is 5.92 Å². The lowest BCUT2D eigenvalue weighted by Crippen LogP contribution is -2.34. The summed E-state index contributed by atoms with van der Waals surface area (Å²) in [6, 6.07) is 2.60. The zero-order valence-corrected chi connectivity index (χ0v) is 13.1. The number of hydrogen-bond acceptors (Lipinski definition) is 3. The molecule has 1 N–H and O–H groups in total. The second-order valence-electron chi connectivity index (χ2n) is 5.31. The molecular weight excluding hydrogens is 315 g/mol. The molecule has 0 aliphatic heterocycles. The first-order chi connectivity index (χ1) is 9.92. The first-order valence-electron chi connectivity index (χ1n) is 6.86. The Hall–Kier alpha value is -1.33. The van der Waals surface area contributed by atoms with E-state index >= 15 is 0 Å². The topological polar surface area (TPSA) is 72.2 Å². The van der Waals surface area contributed by atoms with Crippen LogP contribution in [0.2, 0.25) is 10.0 Å². The predicted molar refractivity (Wildman–Crippen MR) is 82.0 cm³/mol. The molecule has 0 bridgehead atoms. The average molecular weight is 331 g/mol. The second kappa shape index (κ2) is 6.62. The molecule has 1 aliphatic carbocycles. The van der Waals surface area contributed by atoms with E-state index in [1.54, 1.807) is 0 Å². The Balaban J connectivity index is 2.16. The van der Waals surface area contributed by atoms with Crippen molar-refractivity contribution in [1.82, 2.24) is 5.32 Å². The van der Waals surface area contributed by atoms with E-state index in [4.69, 9.17) is 23.2 Å². The van der Waals surface area contributed by atoms with E-state index < -0.39 is 4.92 Å². The van der Waals surface area contributed by atoms with Gasteiger partial charge in [0.2, 0.25) is 0 Å². The second-order valence-corrected chi connectivity index (χ2v) is 6.09. The maximum absolute atomic E-state index is 12.2. The smallest absolute Gasteiger partial charge is 0.290 e. The van der Waals surface area contributed by atoms with Crippen molar-refractivity contribution in [1.29, 1.82) is 0 Å². The molecule has 1 fully saturated rings. The van der Waals surface area contributed by atoms with Gasteiger partial charge in [0.1, 0.15) is 5.02 Å². The minimum Gasteiger partial charge on any atom is -0.349 e. The highest BCUT2D eigenvalue weighted by Gasteiger charge is 2.26. The molecule has 2 rings (SSSR count). The van der Waals surface area contributed by atoms with Crippen LogP contribution in [0.15, 0.2) is 12.1 Å². The number of carbonyl (C=O) groups excluding carboxylic acids is 1. The number of nitrogens with one attached hydrogen (secondary N) is 1. The van der Waals surface area contributed by atoms with E-state index in [1.807, 2.05) is 6.92 Å². The van der Waals surface area contributed by atoms with Crippen LogP contribution in [0.25, 0.3) is 0 Å². The fraction of sp³-hybridized carbons (Fsp3) is 0.500. The molecule has 1 atom stereocenters. The minimum atomic E-state index is -0.646. The summed E-state index contributed by atoms with van der Waals surface area (Å²) in [7, 11) is 0. The maximum atomic E-state index is 12.2. The molecule has 114 valence electrons. The summed E-state index contributed by atoms with van der Waals surface area (Å²) >= 11 is 11.6. The molecule has 7 heteroatoms. The van der Waals surface area contributed by atoms with Crippen LogP contribution >= 0.6 is 23.2 Å². The van der Waals surface area contributed by atoms with Gasteiger partial charge in [-0.15, -0.1) is 0 Å². The predicted octanol–water partition coefficient (Wildman–Crippen LogP) is 4.21. The lowest BCUT2D eigenvalue weighted by Gasteiger charge is -2.16. The fourth-order valence-corrected chi connectivity index (χ4v) is 2.58. The first-order valence-corrected chi connectivity index (χ1v) is 7.62. The summed E-state index contributed by atoms with van der Waals surface area (Å²) in [5, 5.41) is 13.7. The standard InChI is InChI=1S/C14H16Cl2N2O3/c1-2-10(5-8-3-4-8)17-14(19)9-6-11(15)13(16)12(7-9)18(20)21/h6-8,10H,2-5H2,1H3,(H,17,19). The molecule has 1 saturated carbocycles. The highest BCUT2D eigenvalue weighted by molar-refractivity contribution is 6.43. The lowest BCUT2D eigenvalue weighted by atomic mass is 10.1. The quantitative estimate of drug-likeness (QED) is 0.627. The first kappa shape index (κ1) is 16.0. The molecule has 1 amide bonds. The van der Waals surface area contributed by atoms with Crippen LogP contribution < -0.4 is 5.32 Å². The molecule has 0 aromatic heterocycles. The SMILES string of the molecule is CCC(CC1CC1)NC(=O)c1cc(Cl)c(Cl)c([N+](=O)[O-])c1. The third-order valence-corrected chi connectivity index (χ3v) is 4.40. The number of rotatable bonds is 6. The zero-order chi connectivity index (χ0) is 15.6. The van der Waals surface area contributed by atoms with E-state index in [2.05, 4.69) is 5.32 Å². The molecule has 0 radical (unpaired) electrons. The summed E-state index contributed by atoms with van der Waals surface area (Å²) < 4.78 is 0. The molecule has 0 saturated heterocycles. The number of benzene rings is 1. The Morgan fingerprint density at radius 1 is 1.48 bits per heavy atom. The maximum Gasteiger partial charge on any atom is 0.290 e. The minimum absolute atomic E-state index is 0.00579. The van der Waals surface area contributed by atoms with Crippen molar-refractivity contribution in [3.05, 3.63) is 37.9 Å². The summed E-state index contributed by atoms with van der Waals surface area (Å²) in [6.45, 7) is 2.00. The summed E-state index contributed by atoms with van der Waals surface area (Å²) in [5.41, 5.74) is -0.199. The molecule has 1 aliphatic rings. The Morgan fingerprint density at radius 2 is 2.14 bits per heavy atom. The highest BCUT2D eigenvalue weighted by Crippen LogP contribution is 2.35. The number of carbonyl (C=O) groups is 1. The zero-order valence-electron chi connectivity index (χ0n) is 11.6. The number of hydrogen-bond donors (Lipinski definition) is 1. The van der Waals surface area contributed by atoms with Crippen molar-refractivity contribution in [3.8, 4) is 0 Å². The molecule has 5 nitrogen and oxygen atoms in total. The normalized spacial score (nSPS) is 15.6. The number of amides is 1. The van der Waals surface area contributed by atoms with E-state index in [9.17, 15) is 14.9 Å². The fourth-order valence-electron chi connectivity index (χ4n) is 2.19. The molecular formula is C14H16Cl2N2O3. The van der Waals surface area contributed by atoms with Crippen molar-refractivity contribution >= 4 is 34.8 Å². The average Bonchev–Trinajstić information content (AvgIpc) is 3.24. The largest absolute Gasteiger partial charge is 0.349 e. The van der Waals surface area contributed by atoms with Crippen LogP contribution in [0.1, 0.15) is 43.0 Å². The van der Waals surface area contributed by atoms with Crippen LogP contribution in [-0.4, -0.2) is 16.9 Å². The summed E-state index contributed by atoms with van der Waals surface area (Å²) in [4.78, 5) is 22.5. The Bertz CT molecular complexity index is 574. The van der Waals surface area contributed by atoms with Gasteiger partial charge in [-0.2, -0.15) is 0 Å². The van der Waals surface area contributed by atoms with Crippen LogP contribution in [0.4, 0.5) is 5.69 Å². The van der Waals surface area contributed by atoms with Crippen LogP contribution in [0.3, 0.4) is 0 Å². The summed E-state index contributed by atoms with van der Waals surface area (Å²) in [5.74, 6) is 0.336. The molecule has 21 heavy (non-hydrogen) atoms. The van der Waals surface area contributed by atoms with Gasteiger partial charge >= 0.3 is 0 Å².